The molecule has 1 heterocycles. The van der Waals surface area contributed by atoms with Gasteiger partial charge in [0, 0.05) is 23.7 Å². The number of hydrogen-bond donors (Lipinski definition) is 1. The second-order valence-corrected chi connectivity index (χ2v) is 7.29. The lowest BCUT2D eigenvalue weighted by atomic mass is 10.2. The molecule has 0 radical (unpaired) electrons. The SMILES string of the molecule is NC(=O)c1cc(Cl)cc(S(=O)(=O)N2CCOCCC2C(F)F)c1. The number of sulfonamides is 1. The Balaban J connectivity index is 2.49. The summed E-state index contributed by atoms with van der Waals surface area (Å²) in [6.45, 7) is -0.162. The van der Waals surface area contributed by atoms with Crippen molar-refractivity contribution in [1.82, 2.24) is 4.31 Å². The van der Waals surface area contributed by atoms with Crippen LogP contribution in [0.1, 0.15) is 16.8 Å². The highest BCUT2D eigenvalue weighted by Gasteiger charge is 2.38. The Hall–Kier alpha value is -1.29. The molecule has 6 nitrogen and oxygen atoms in total. The molecule has 0 bridgehead atoms. The van der Waals surface area contributed by atoms with Crippen molar-refractivity contribution in [3.63, 3.8) is 0 Å². The topological polar surface area (TPSA) is 89.7 Å². The quantitative estimate of drug-likeness (QED) is 0.871. The monoisotopic (exact) mass is 368 g/mol. The van der Waals surface area contributed by atoms with Crippen LogP contribution in [0.15, 0.2) is 23.1 Å². The lowest BCUT2D eigenvalue weighted by molar-refractivity contribution is 0.0617. The number of amides is 1. The maximum Gasteiger partial charge on any atom is 0.255 e. The van der Waals surface area contributed by atoms with Crippen LogP contribution in [0.4, 0.5) is 8.78 Å². The van der Waals surface area contributed by atoms with Gasteiger partial charge in [-0.15, -0.1) is 0 Å². The lowest BCUT2D eigenvalue weighted by Gasteiger charge is -2.28. The largest absolute Gasteiger partial charge is 0.380 e. The van der Waals surface area contributed by atoms with Crippen LogP contribution in [0, 0.1) is 0 Å². The number of ether oxygens (including phenoxy) is 1. The van der Waals surface area contributed by atoms with E-state index in [0.717, 1.165) is 12.1 Å². The Morgan fingerprint density at radius 3 is 2.65 bits per heavy atom. The number of primary amides is 1. The molecule has 0 aromatic heterocycles. The van der Waals surface area contributed by atoms with E-state index in [2.05, 4.69) is 0 Å². The van der Waals surface area contributed by atoms with Crippen molar-refractivity contribution in [1.29, 1.82) is 0 Å². The zero-order valence-corrected chi connectivity index (χ0v) is 13.5. The highest BCUT2D eigenvalue weighted by molar-refractivity contribution is 7.89. The van der Waals surface area contributed by atoms with Crippen molar-refractivity contribution in [2.24, 2.45) is 5.73 Å². The molecule has 1 aliphatic rings. The summed E-state index contributed by atoms with van der Waals surface area (Å²) in [5.74, 6) is -0.867. The Morgan fingerprint density at radius 1 is 1.35 bits per heavy atom. The van der Waals surface area contributed by atoms with E-state index >= 15 is 0 Å². The minimum absolute atomic E-state index is 0.00565. The average molecular weight is 369 g/mol. The number of carbonyl (C=O) groups is 1. The third-order valence-electron chi connectivity index (χ3n) is 3.44. The van der Waals surface area contributed by atoms with E-state index in [0.29, 0.717) is 4.31 Å². The number of carbonyl (C=O) groups excluding carboxylic acids is 1. The van der Waals surface area contributed by atoms with Crippen LogP contribution in [0.2, 0.25) is 5.02 Å². The van der Waals surface area contributed by atoms with Gasteiger partial charge in [-0.3, -0.25) is 4.79 Å². The summed E-state index contributed by atoms with van der Waals surface area (Å²) >= 11 is 5.81. The van der Waals surface area contributed by atoms with Gasteiger partial charge < -0.3 is 10.5 Å². The number of rotatable bonds is 4. The van der Waals surface area contributed by atoms with Crippen LogP contribution >= 0.6 is 11.6 Å². The summed E-state index contributed by atoms with van der Waals surface area (Å²) in [7, 11) is -4.28. The average Bonchev–Trinajstić information content (AvgIpc) is 2.72. The van der Waals surface area contributed by atoms with Gasteiger partial charge in [0.15, 0.2) is 0 Å². The molecule has 2 N–H and O–H groups in total. The maximum absolute atomic E-state index is 13.2. The summed E-state index contributed by atoms with van der Waals surface area (Å²) in [4.78, 5) is 10.9. The van der Waals surface area contributed by atoms with Crippen LogP contribution in [0.5, 0.6) is 0 Å². The fourth-order valence-electron chi connectivity index (χ4n) is 2.31. The van der Waals surface area contributed by atoms with Crippen molar-refractivity contribution in [3.8, 4) is 0 Å². The second-order valence-electron chi connectivity index (χ2n) is 4.96. The molecular formula is C13H15ClF2N2O4S. The molecule has 1 aromatic rings. The van der Waals surface area contributed by atoms with Crippen molar-refractivity contribution in [2.75, 3.05) is 19.8 Å². The predicted octanol–water partition coefficient (Wildman–Crippen LogP) is 1.48. The normalized spacial score (nSPS) is 20.4. The Kier molecular flexibility index (Phi) is 5.56. The van der Waals surface area contributed by atoms with Gasteiger partial charge in [0.05, 0.1) is 17.5 Å². The standard InChI is InChI=1S/C13H15ClF2N2O4S/c14-9-5-8(13(17)19)6-10(7-9)23(20,21)18-2-4-22-3-1-11(18)12(15)16/h5-7,11-12H,1-4H2,(H2,17,19). The molecule has 1 fully saturated rings. The number of nitrogens with zero attached hydrogens (tertiary/aromatic N) is 1. The molecule has 0 aliphatic carbocycles. The van der Waals surface area contributed by atoms with Gasteiger partial charge in [0.1, 0.15) is 0 Å². The summed E-state index contributed by atoms with van der Waals surface area (Å²) in [5, 5.41) is -0.0282. The minimum Gasteiger partial charge on any atom is -0.380 e. The highest BCUT2D eigenvalue weighted by Crippen LogP contribution is 2.27. The van der Waals surface area contributed by atoms with Crippen molar-refractivity contribution in [3.05, 3.63) is 28.8 Å². The first-order valence-electron chi connectivity index (χ1n) is 6.71. The maximum atomic E-state index is 13.2. The van der Waals surface area contributed by atoms with Crippen molar-refractivity contribution >= 4 is 27.5 Å². The molecule has 10 heteroatoms. The number of benzene rings is 1. The smallest absolute Gasteiger partial charge is 0.255 e. The molecule has 1 atom stereocenters. The zero-order chi connectivity index (χ0) is 17.2. The molecule has 128 valence electrons. The van der Waals surface area contributed by atoms with Gasteiger partial charge in [0.25, 0.3) is 6.43 Å². The van der Waals surface area contributed by atoms with E-state index in [1.165, 1.54) is 6.07 Å². The fraction of sp³-hybridized carbons (Fsp3) is 0.462. The van der Waals surface area contributed by atoms with Gasteiger partial charge >= 0.3 is 0 Å². The Bertz CT molecular complexity index is 699. The Morgan fingerprint density at radius 2 is 2.04 bits per heavy atom. The number of alkyl halides is 2. The van der Waals surface area contributed by atoms with Gasteiger partial charge in [-0.05, 0) is 24.6 Å². The summed E-state index contributed by atoms with van der Waals surface area (Å²) in [6.07, 6.45) is -2.98. The molecule has 1 amide bonds. The highest BCUT2D eigenvalue weighted by atomic mass is 35.5. The van der Waals surface area contributed by atoms with E-state index < -0.39 is 28.4 Å². The van der Waals surface area contributed by atoms with E-state index in [-0.39, 0.29) is 41.7 Å². The van der Waals surface area contributed by atoms with Crippen LogP contribution in [-0.2, 0) is 14.8 Å². The number of nitrogens with two attached hydrogens (primary N) is 1. The summed E-state index contributed by atoms with van der Waals surface area (Å²) < 4.78 is 57.6. The third-order valence-corrected chi connectivity index (χ3v) is 5.56. The third kappa shape index (κ3) is 3.97. The number of hydrogen-bond acceptors (Lipinski definition) is 4. The van der Waals surface area contributed by atoms with Crippen LogP contribution in [-0.4, -0.2) is 50.9 Å². The molecule has 2 rings (SSSR count). The molecule has 1 aromatic carbocycles. The molecule has 1 unspecified atom stereocenters. The van der Waals surface area contributed by atoms with Gasteiger partial charge in [0.2, 0.25) is 15.9 Å². The first kappa shape index (κ1) is 18.1. The van der Waals surface area contributed by atoms with Crippen LogP contribution < -0.4 is 5.73 Å². The van der Waals surface area contributed by atoms with Crippen molar-refractivity contribution in [2.45, 2.75) is 23.8 Å². The van der Waals surface area contributed by atoms with E-state index in [9.17, 15) is 22.0 Å². The summed E-state index contributed by atoms with van der Waals surface area (Å²) in [6, 6.07) is 1.83. The summed E-state index contributed by atoms with van der Waals surface area (Å²) in [5.41, 5.74) is 5.01. The van der Waals surface area contributed by atoms with E-state index in [1.54, 1.807) is 0 Å². The second kappa shape index (κ2) is 7.08. The molecule has 0 saturated carbocycles. The van der Waals surface area contributed by atoms with Gasteiger partial charge in [-0.1, -0.05) is 11.6 Å². The lowest BCUT2D eigenvalue weighted by Crippen LogP contribution is -2.44. The fourth-order valence-corrected chi connectivity index (χ4v) is 4.30. The van der Waals surface area contributed by atoms with Crippen molar-refractivity contribution < 1.29 is 26.7 Å². The van der Waals surface area contributed by atoms with Crippen LogP contribution in [0.25, 0.3) is 0 Å². The first-order valence-corrected chi connectivity index (χ1v) is 8.53. The van der Waals surface area contributed by atoms with Gasteiger partial charge in [-0.25, -0.2) is 17.2 Å². The van der Waals surface area contributed by atoms with E-state index in [1.807, 2.05) is 0 Å². The predicted molar refractivity (Wildman–Crippen MR) is 79.1 cm³/mol. The number of halogens is 3. The molecular weight excluding hydrogens is 354 g/mol. The first-order chi connectivity index (χ1) is 10.7. The Labute approximate surface area is 137 Å². The van der Waals surface area contributed by atoms with Crippen LogP contribution in [0.3, 0.4) is 0 Å². The zero-order valence-electron chi connectivity index (χ0n) is 11.9. The van der Waals surface area contributed by atoms with Gasteiger partial charge in [-0.2, -0.15) is 4.31 Å². The molecule has 1 aliphatic heterocycles. The minimum atomic E-state index is -4.28. The molecule has 0 spiro atoms. The molecule has 1 saturated heterocycles. The van der Waals surface area contributed by atoms with E-state index in [4.69, 9.17) is 22.1 Å². The molecule has 23 heavy (non-hydrogen) atoms.